The van der Waals surface area contributed by atoms with Gasteiger partial charge in [-0.3, -0.25) is 4.79 Å². The highest BCUT2D eigenvalue weighted by molar-refractivity contribution is 6.32. The number of rotatable bonds is 4. The van der Waals surface area contributed by atoms with E-state index in [1.54, 1.807) is 26.0 Å². The van der Waals surface area contributed by atoms with E-state index in [1.807, 2.05) is 0 Å². The summed E-state index contributed by atoms with van der Waals surface area (Å²) in [6, 6.07) is 3.78. The number of esters is 1. The second kappa shape index (κ2) is 7.32. The second-order valence-electron chi connectivity index (χ2n) is 5.95. The number of hydrogen-bond donors (Lipinski definition) is 2. The molecule has 0 aliphatic rings. The maximum atomic E-state index is 14.3. The van der Waals surface area contributed by atoms with E-state index < -0.39 is 17.8 Å². The van der Waals surface area contributed by atoms with Crippen molar-refractivity contribution >= 4 is 34.3 Å². The Hall–Kier alpha value is -3.00. The third-order valence-electron chi connectivity index (χ3n) is 4.02. The van der Waals surface area contributed by atoms with E-state index in [9.17, 15) is 14.0 Å². The minimum atomic E-state index is -0.711. The molecular formula is C18H16ClFN4O3. The van der Waals surface area contributed by atoms with Crippen LogP contribution in [0, 0.1) is 12.7 Å². The molecule has 0 aliphatic heterocycles. The summed E-state index contributed by atoms with van der Waals surface area (Å²) in [4.78, 5) is 34.4. The quantitative estimate of drug-likeness (QED) is 0.663. The fourth-order valence-corrected chi connectivity index (χ4v) is 3.00. The third-order valence-corrected chi connectivity index (χ3v) is 4.35. The summed E-state index contributed by atoms with van der Waals surface area (Å²) in [6.07, 6.45) is 1.21. The molecule has 0 spiro atoms. The average Bonchev–Trinajstić information content (AvgIpc) is 2.61. The van der Waals surface area contributed by atoms with E-state index in [-0.39, 0.29) is 16.9 Å². The highest BCUT2D eigenvalue weighted by Crippen LogP contribution is 2.29. The van der Waals surface area contributed by atoms with E-state index in [4.69, 9.17) is 11.6 Å². The molecule has 7 nitrogen and oxygen atoms in total. The molecular weight excluding hydrogens is 375 g/mol. The number of carbonyl (C=O) groups excluding carboxylic acids is 1. The van der Waals surface area contributed by atoms with Gasteiger partial charge in [0.1, 0.15) is 5.82 Å². The zero-order chi connectivity index (χ0) is 19.7. The first-order valence-electron chi connectivity index (χ1n) is 8.00. The largest absolute Gasteiger partial charge is 0.465 e. The molecule has 2 N–H and O–H groups in total. The normalized spacial score (nSPS) is 12.0. The lowest BCUT2D eigenvalue weighted by Crippen LogP contribution is -2.14. The second-order valence-corrected chi connectivity index (χ2v) is 6.36. The lowest BCUT2D eigenvalue weighted by Gasteiger charge is -2.17. The monoisotopic (exact) mass is 390 g/mol. The number of fused-ring (bicyclic) bond motifs is 1. The number of ether oxygens (including phenoxy) is 1. The molecule has 0 saturated carbocycles. The maximum Gasteiger partial charge on any atom is 0.339 e. The van der Waals surface area contributed by atoms with Crippen LogP contribution in [0.2, 0.25) is 5.02 Å². The number of halogens is 2. The highest BCUT2D eigenvalue weighted by Gasteiger charge is 2.17. The van der Waals surface area contributed by atoms with Crippen LogP contribution in [0.5, 0.6) is 0 Å². The maximum absolute atomic E-state index is 14.3. The van der Waals surface area contributed by atoms with Crippen LogP contribution in [-0.4, -0.2) is 28.0 Å². The van der Waals surface area contributed by atoms with Crippen molar-refractivity contribution in [3.63, 3.8) is 0 Å². The van der Waals surface area contributed by atoms with Crippen LogP contribution in [-0.2, 0) is 4.74 Å². The molecule has 140 valence electrons. The molecule has 1 atom stereocenters. The summed E-state index contributed by atoms with van der Waals surface area (Å²) >= 11 is 6.33. The topological polar surface area (TPSA) is 97.0 Å². The molecule has 0 aliphatic carbocycles. The van der Waals surface area contributed by atoms with Gasteiger partial charge in [0.2, 0.25) is 0 Å². The minimum Gasteiger partial charge on any atom is -0.465 e. The SMILES string of the molecule is COC(=O)c1cnc(N[C@@H](C)c2cc3c(=O)[nH]c(C)nc3cc2Cl)c(F)c1. The van der Waals surface area contributed by atoms with Gasteiger partial charge in [0.15, 0.2) is 11.6 Å². The standard InChI is InChI=1S/C18H16ClFN4O3/c1-8(22-16-14(20)4-10(7-21-16)18(26)27-3)11-5-12-15(6-13(11)19)23-9(2)24-17(12)25/h4-8H,1-3H3,(H,21,22)(H,23,24,25)/t8-/m0/s1. The molecule has 0 radical (unpaired) electrons. The van der Waals surface area contributed by atoms with Crippen molar-refractivity contribution in [3.05, 3.63) is 62.5 Å². The van der Waals surface area contributed by atoms with Crippen LogP contribution in [0.4, 0.5) is 10.2 Å². The number of aromatic nitrogens is 3. The van der Waals surface area contributed by atoms with E-state index in [0.29, 0.717) is 27.3 Å². The summed E-state index contributed by atoms with van der Waals surface area (Å²) < 4.78 is 18.8. The van der Waals surface area contributed by atoms with Gasteiger partial charge in [-0.2, -0.15) is 0 Å². The molecule has 0 amide bonds. The summed E-state index contributed by atoms with van der Waals surface area (Å²) in [7, 11) is 1.20. The van der Waals surface area contributed by atoms with Gasteiger partial charge < -0.3 is 15.0 Å². The zero-order valence-corrected chi connectivity index (χ0v) is 15.5. The van der Waals surface area contributed by atoms with Crippen LogP contribution < -0.4 is 10.9 Å². The molecule has 2 aromatic heterocycles. The van der Waals surface area contributed by atoms with Gasteiger partial charge in [0.05, 0.1) is 29.6 Å². The van der Waals surface area contributed by atoms with Crippen LogP contribution in [0.25, 0.3) is 10.9 Å². The number of nitrogens with one attached hydrogen (secondary N) is 2. The number of anilines is 1. The van der Waals surface area contributed by atoms with E-state index in [1.165, 1.54) is 13.3 Å². The number of aryl methyl sites for hydroxylation is 1. The summed E-state index contributed by atoms with van der Waals surface area (Å²) in [5.41, 5.74) is 0.779. The third kappa shape index (κ3) is 3.75. The van der Waals surface area contributed by atoms with E-state index in [0.717, 1.165) is 6.07 Å². The van der Waals surface area contributed by atoms with Gasteiger partial charge >= 0.3 is 5.97 Å². The smallest absolute Gasteiger partial charge is 0.339 e. The lowest BCUT2D eigenvalue weighted by atomic mass is 10.1. The Balaban J connectivity index is 1.94. The first-order valence-corrected chi connectivity index (χ1v) is 8.38. The van der Waals surface area contributed by atoms with Crippen molar-refractivity contribution in [2.45, 2.75) is 19.9 Å². The van der Waals surface area contributed by atoms with Gasteiger partial charge in [0.25, 0.3) is 5.56 Å². The number of nitrogens with zero attached hydrogens (tertiary/aromatic N) is 2. The number of benzene rings is 1. The first kappa shape index (κ1) is 18.8. The zero-order valence-electron chi connectivity index (χ0n) is 14.8. The molecule has 3 aromatic rings. The predicted molar refractivity (Wildman–Crippen MR) is 99.7 cm³/mol. The Morgan fingerprint density at radius 2 is 2.11 bits per heavy atom. The molecule has 0 fully saturated rings. The number of aromatic amines is 1. The van der Waals surface area contributed by atoms with Crippen molar-refractivity contribution in [2.24, 2.45) is 0 Å². The van der Waals surface area contributed by atoms with Crippen molar-refractivity contribution < 1.29 is 13.9 Å². The average molecular weight is 391 g/mol. The Morgan fingerprint density at radius 3 is 2.78 bits per heavy atom. The Kier molecular flexibility index (Phi) is 5.09. The molecule has 2 heterocycles. The number of carbonyl (C=O) groups is 1. The van der Waals surface area contributed by atoms with Crippen molar-refractivity contribution in [3.8, 4) is 0 Å². The predicted octanol–water partition coefficient (Wildman–Crippen LogP) is 3.38. The van der Waals surface area contributed by atoms with Gasteiger partial charge in [0, 0.05) is 11.2 Å². The molecule has 0 unspecified atom stereocenters. The van der Waals surface area contributed by atoms with Crippen LogP contribution in [0.3, 0.4) is 0 Å². The van der Waals surface area contributed by atoms with Crippen LogP contribution >= 0.6 is 11.6 Å². The molecule has 1 aromatic carbocycles. The molecule has 3 rings (SSSR count). The first-order chi connectivity index (χ1) is 12.8. The van der Waals surface area contributed by atoms with Crippen LogP contribution in [0.1, 0.15) is 34.7 Å². The summed E-state index contributed by atoms with van der Waals surface area (Å²) in [6.45, 7) is 3.43. The lowest BCUT2D eigenvalue weighted by molar-refractivity contribution is 0.0599. The Bertz CT molecular complexity index is 1100. The van der Waals surface area contributed by atoms with Gasteiger partial charge in [-0.15, -0.1) is 0 Å². The number of hydrogen-bond acceptors (Lipinski definition) is 6. The Labute approximate surface area is 158 Å². The van der Waals surface area contributed by atoms with Gasteiger partial charge in [-0.05, 0) is 37.6 Å². The number of methoxy groups -OCH3 is 1. The molecule has 9 heteroatoms. The Morgan fingerprint density at radius 1 is 1.37 bits per heavy atom. The number of pyridine rings is 1. The van der Waals surface area contributed by atoms with Crippen LogP contribution in [0.15, 0.2) is 29.2 Å². The van der Waals surface area contributed by atoms with E-state index in [2.05, 4.69) is 25.0 Å². The van der Waals surface area contributed by atoms with Crippen molar-refractivity contribution in [2.75, 3.05) is 12.4 Å². The molecule has 0 bridgehead atoms. The molecule has 27 heavy (non-hydrogen) atoms. The summed E-state index contributed by atoms with van der Waals surface area (Å²) in [5.74, 6) is -0.959. The van der Waals surface area contributed by atoms with Crippen molar-refractivity contribution in [1.29, 1.82) is 0 Å². The molecule has 0 saturated heterocycles. The number of H-pyrrole nitrogens is 1. The minimum absolute atomic E-state index is 0.00455. The summed E-state index contributed by atoms with van der Waals surface area (Å²) in [5, 5.41) is 3.65. The van der Waals surface area contributed by atoms with E-state index >= 15 is 0 Å². The fourth-order valence-electron chi connectivity index (χ4n) is 2.68. The van der Waals surface area contributed by atoms with Crippen molar-refractivity contribution in [1.82, 2.24) is 15.0 Å². The van der Waals surface area contributed by atoms with Gasteiger partial charge in [-0.25, -0.2) is 19.2 Å². The van der Waals surface area contributed by atoms with Gasteiger partial charge in [-0.1, -0.05) is 11.6 Å². The fraction of sp³-hybridized carbons (Fsp3) is 0.222. The highest BCUT2D eigenvalue weighted by atomic mass is 35.5.